The van der Waals surface area contributed by atoms with E-state index in [0.29, 0.717) is 17.9 Å². The molecule has 6 rings (SSSR count). The van der Waals surface area contributed by atoms with Gasteiger partial charge in [-0.1, -0.05) is 36.4 Å². The van der Waals surface area contributed by atoms with E-state index in [2.05, 4.69) is 46.3 Å². The van der Waals surface area contributed by atoms with Crippen LogP contribution in [-0.2, 0) is 4.79 Å². The summed E-state index contributed by atoms with van der Waals surface area (Å²) in [6, 6.07) is 21.1. The van der Waals surface area contributed by atoms with Crippen LogP contribution in [0.25, 0.3) is 10.9 Å². The molecule has 0 N–H and O–H groups in total. The molecule has 0 radical (unpaired) electrons. The third kappa shape index (κ3) is 2.04. The van der Waals surface area contributed by atoms with Crippen LogP contribution >= 0.6 is 0 Å². The molecular formula is C24H23N3O. The Morgan fingerprint density at radius 1 is 1.00 bits per heavy atom. The van der Waals surface area contributed by atoms with Crippen molar-refractivity contribution < 1.29 is 4.79 Å². The lowest BCUT2D eigenvalue weighted by molar-refractivity contribution is -0.126. The first-order valence-corrected chi connectivity index (χ1v) is 10.3. The number of hydrogen-bond donors (Lipinski definition) is 0. The topological polar surface area (TPSA) is 36.4 Å². The van der Waals surface area contributed by atoms with Gasteiger partial charge in [0, 0.05) is 35.8 Å². The number of benzene rings is 2. The van der Waals surface area contributed by atoms with Crippen molar-refractivity contribution >= 4 is 22.5 Å². The first-order chi connectivity index (χ1) is 13.8. The van der Waals surface area contributed by atoms with Crippen molar-refractivity contribution in [2.24, 2.45) is 5.92 Å². The minimum absolute atomic E-state index is 0.307. The lowest BCUT2D eigenvalue weighted by atomic mass is 9.85. The summed E-state index contributed by atoms with van der Waals surface area (Å²) in [5.74, 6) is 0.696. The molecule has 3 aromatic rings. The minimum atomic E-state index is -0.315. The fourth-order valence-corrected chi connectivity index (χ4v) is 6.04. The summed E-state index contributed by atoms with van der Waals surface area (Å²) < 4.78 is 0. The summed E-state index contributed by atoms with van der Waals surface area (Å²) in [7, 11) is 0. The zero-order valence-corrected chi connectivity index (χ0v) is 15.8. The monoisotopic (exact) mass is 369 g/mol. The number of amides is 1. The molecule has 3 aliphatic heterocycles. The van der Waals surface area contributed by atoms with E-state index in [1.807, 2.05) is 35.4 Å². The highest BCUT2D eigenvalue weighted by Crippen LogP contribution is 2.57. The summed E-state index contributed by atoms with van der Waals surface area (Å²) >= 11 is 0. The summed E-state index contributed by atoms with van der Waals surface area (Å²) in [5.41, 5.74) is 3.10. The molecule has 4 nitrogen and oxygen atoms in total. The van der Waals surface area contributed by atoms with Gasteiger partial charge in [-0.3, -0.25) is 14.7 Å². The van der Waals surface area contributed by atoms with Crippen molar-refractivity contribution in [3.8, 4) is 0 Å². The number of anilines is 1. The fourth-order valence-electron chi connectivity index (χ4n) is 6.04. The molecule has 140 valence electrons. The molecule has 4 heteroatoms. The highest BCUT2D eigenvalue weighted by molar-refractivity contribution is 6.04. The molecule has 3 aliphatic rings. The number of fused-ring (bicyclic) bond motifs is 1. The van der Waals surface area contributed by atoms with Crippen LogP contribution in [0.4, 0.5) is 5.69 Å². The zero-order chi connectivity index (χ0) is 18.7. The van der Waals surface area contributed by atoms with Gasteiger partial charge in [0.15, 0.2) is 0 Å². The molecule has 0 aliphatic carbocycles. The number of carbonyl (C=O) groups excluding carboxylic acids is 1. The van der Waals surface area contributed by atoms with Crippen LogP contribution in [0, 0.1) is 5.92 Å². The van der Waals surface area contributed by atoms with E-state index in [-0.39, 0.29) is 5.54 Å². The largest absolute Gasteiger partial charge is 0.310 e. The van der Waals surface area contributed by atoms with Gasteiger partial charge in [-0.25, -0.2) is 0 Å². The van der Waals surface area contributed by atoms with Crippen molar-refractivity contribution in [2.75, 3.05) is 18.0 Å². The molecule has 3 atom stereocenters. The molecule has 1 spiro atoms. The summed E-state index contributed by atoms with van der Waals surface area (Å²) in [6.45, 7) is 1.84. The van der Waals surface area contributed by atoms with Gasteiger partial charge in [0.2, 0.25) is 5.91 Å². The normalized spacial score (nSPS) is 29.4. The van der Waals surface area contributed by atoms with Crippen molar-refractivity contribution in [1.82, 2.24) is 9.88 Å². The Labute approximate surface area is 164 Å². The average Bonchev–Trinajstić information content (AvgIpc) is 3.38. The van der Waals surface area contributed by atoms with Crippen LogP contribution in [0.15, 0.2) is 66.9 Å². The third-order valence-corrected chi connectivity index (χ3v) is 7.15. The Morgan fingerprint density at radius 3 is 2.79 bits per heavy atom. The maximum Gasteiger partial charge on any atom is 0.247 e. The Morgan fingerprint density at radius 2 is 1.89 bits per heavy atom. The number of carbonyl (C=O) groups is 1. The second-order valence-electron chi connectivity index (χ2n) is 8.34. The first-order valence-electron chi connectivity index (χ1n) is 10.3. The molecule has 1 amide bonds. The Hall–Kier alpha value is -2.72. The van der Waals surface area contributed by atoms with Gasteiger partial charge in [0.05, 0.1) is 5.52 Å². The van der Waals surface area contributed by atoms with Gasteiger partial charge in [-0.15, -0.1) is 0 Å². The van der Waals surface area contributed by atoms with Gasteiger partial charge < -0.3 is 4.90 Å². The Balaban J connectivity index is 1.42. The molecule has 1 aromatic heterocycles. The van der Waals surface area contributed by atoms with E-state index < -0.39 is 0 Å². The molecule has 0 bridgehead atoms. The lowest BCUT2D eigenvalue weighted by Crippen LogP contribution is -2.49. The van der Waals surface area contributed by atoms with E-state index in [1.54, 1.807) is 0 Å². The summed E-state index contributed by atoms with van der Waals surface area (Å²) in [4.78, 5) is 22.8. The van der Waals surface area contributed by atoms with Crippen LogP contribution in [0.3, 0.4) is 0 Å². The smallest absolute Gasteiger partial charge is 0.247 e. The van der Waals surface area contributed by atoms with Gasteiger partial charge in [-0.05, 0) is 55.6 Å². The van der Waals surface area contributed by atoms with Crippen molar-refractivity contribution in [3.63, 3.8) is 0 Å². The highest BCUT2D eigenvalue weighted by Gasteiger charge is 2.65. The Bertz CT molecular complexity index is 1060. The second kappa shape index (κ2) is 5.89. The van der Waals surface area contributed by atoms with Gasteiger partial charge in [0.1, 0.15) is 5.54 Å². The SMILES string of the molecule is O=C1N(c2ccccc2)C[C@@H]2C[C@@H](c3cccc4ncccc34)N3CCC[C@@]123. The standard InChI is InChI=1S/C24H23N3O/c28-23-24-12-6-14-27(24)22(20-9-4-11-21-19(20)10-5-13-25-21)15-17(24)16-26(23)18-7-2-1-3-8-18/h1-5,7-11,13,17,22H,6,12,14-16H2/t17-,22-,24-/m0/s1. The van der Waals surface area contributed by atoms with Gasteiger partial charge >= 0.3 is 0 Å². The predicted octanol–water partition coefficient (Wildman–Crippen LogP) is 4.18. The van der Waals surface area contributed by atoms with Gasteiger partial charge in [0.25, 0.3) is 0 Å². The number of para-hydroxylation sites is 1. The molecule has 0 unspecified atom stereocenters. The number of hydrogen-bond acceptors (Lipinski definition) is 3. The van der Waals surface area contributed by atoms with Crippen molar-refractivity contribution in [1.29, 1.82) is 0 Å². The molecule has 3 fully saturated rings. The van der Waals surface area contributed by atoms with E-state index in [4.69, 9.17) is 0 Å². The number of aromatic nitrogens is 1. The maximum atomic E-state index is 13.7. The number of rotatable bonds is 2. The van der Waals surface area contributed by atoms with Gasteiger partial charge in [-0.2, -0.15) is 0 Å². The maximum absolute atomic E-state index is 13.7. The van der Waals surface area contributed by atoms with E-state index in [0.717, 1.165) is 43.6 Å². The number of nitrogens with zero attached hydrogens (tertiary/aromatic N) is 3. The highest BCUT2D eigenvalue weighted by atomic mass is 16.2. The molecule has 2 aromatic carbocycles. The van der Waals surface area contributed by atoms with E-state index in [1.165, 1.54) is 10.9 Å². The molecule has 28 heavy (non-hydrogen) atoms. The lowest BCUT2D eigenvalue weighted by Gasteiger charge is -2.34. The zero-order valence-electron chi connectivity index (χ0n) is 15.8. The predicted molar refractivity (Wildman–Crippen MR) is 110 cm³/mol. The van der Waals surface area contributed by atoms with Crippen molar-refractivity contribution in [3.05, 3.63) is 72.4 Å². The first kappa shape index (κ1) is 16.3. The minimum Gasteiger partial charge on any atom is -0.310 e. The quantitative estimate of drug-likeness (QED) is 0.680. The third-order valence-electron chi connectivity index (χ3n) is 7.15. The van der Waals surface area contributed by atoms with Crippen LogP contribution < -0.4 is 4.90 Å². The van der Waals surface area contributed by atoms with Crippen LogP contribution in [0.2, 0.25) is 0 Å². The van der Waals surface area contributed by atoms with E-state index in [9.17, 15) is 4.79 Å². The van der Waals surface area contributed by atoms with Crippen LogP contribution in [0.5, 0.6) is 0 Å². The van der Waals surface area contributed by atoms with Crippen LogP contribution in [-0.4, -0.2) is 34.4 Å². The Kier molecular flexibility index (Phi) is 3.42. The average molecular weight is 369 g/mol. The van der Waals surface area contributed by atoms with Crippen LogP contribution in [0.1, 0.15) is 30.9 Å². The molecule has 4 heterocycles. The molecule has 0 saturated carbocycles. The number of pyridine rings is 1. The van der Waals surface area contributed by atoms with E-state index >= 15 is 0 Å². The second-order valence-corrected chi connectivity index (χ2v) is 8.34. The fraction of sp³-hybridized carbons (Fsp3) is 0.333. The van der Waals surface area contributed by atoms with Crippen molar-refractivity contribution in [2.45, 2.75) is 30.8 Å². The molecule has 3 saturated heterocycles. The summed E-state index contributed by atoms with van der Waals surface area (Å²) in [5, 5.41) is 1.23. The summed E-state index contributed by atoms with van der Waals surface area (Å²) in [6.07, 6.45) is 4.99. The molecular weight excluding hydrogens is 346 g/mol.